The third kappa shape index (κ3) is 6.39. The molecular weight excluding hydrogens is 360 g/mol. The van der Waals surface area contributed by atoms with Crippen LogP contribution in [0.4, 0.5) is 0 Å². The number of hydrogen-bond donors (Lipinski definition) is 2. The molecule has 2 aromatic carbocycles. The van der Waals surface area contributed by atoms with E-state index in [9.17, 15) is 4.79 Å². The summed E-state index contributed by atoms with van der Waals surface area (Å²) in [4.78, 5) is 17.7. The van der Waals surface area contributed by atoms with E-state index in [4.69, 9.17) is 5.73 Å². The van der Waals surface area contributed by atoms with Gasteiger partial charge in [-0.3, -0.25) is 9.69 Å². The molecule has 1 saturated heterocycles. The fourth-order valence-corrected chi connectivity index (χ4v) is 3.80. The number of piperazine rings is 1. The van der Waals surface area contributed by atoms with E-state index in [2.05, 4.69) is 65.7 Å². The number of nitrogens with zero attached hydrogens (tertiary/aromatic N) is 2. The van der Waals surface area contributed by atoms with Crippen LogP contribution in [0.5, 0.6) is 0 Å². The molecule has 0 aromatic heterocycles. The van der Waals surface area contributed by atoms with Gasteiger partial charge in [0.05, 0.1) is 6.04 Å². The normalized spacial score (nSPS) is 16.0. The summed E-state index contributed by atoms with van der Waals surface area (Å²) in [5.41, 5.74) is 9.32. The van der Waals surface area contributed by atoms with Crippen molar-refractivity contribution in [1.82, 2.24) is 15.1 Å². The van der Waals surface area contributed by atoms with E-state index in [0.29, 0.717) is 13.0 Å². The lowest BCUT2D eigenvalue weighted by atomic mass is 10.0. The van der Waals surface area contributed by atoms with Gasteiger partial charge < -0.3 is 16.0 Å². The maximum Gasteiger partial charge on any atom is 0.240 e. The SMILES string of the molecule is CCCN[C@H](Cc1ccc(CN)cc1)C(=O)N1CCN(Cc2ccccc2)CC1. The van der Waals surface area contributed by atoms with E-state index < -0.39 is 0 Å². The summed E-state index contributed by atoms with van der Waals surface area (Å²) in [6, 6.07) is 18.7. The highest BCUT2D eigenvalue weighted by atomic mass is 16.2. The number of nitrogens with two attached hydrogens (primary N) is 1. The highest BCUT2D eigenvalue weighted by molar-refractivity contribution is 5.82. The van der Waals surface area contributed by atoms with Crippen LogP contribution in [0.2, 0.25) is 0 Å². The summed E-state index contributed by atoms with van der Waals surface area (Å²) < 4.78 is 0. The number of hydrogen-bond acceptors (Lipinski definition) is 4. The van der Waals surface area contributed by atoms with Crippen LogP contribution in [-0.4, -0.2) is 54.5 Å². The molecule has 1 fully saturated rings. The van der Waals surface area contributed by atoms with Crippen LogP contribution in [0.3, 0.4) is 0 Å². The zero-order chi connectivity index (χ0) is 20.5. The summed E-state index contributed by atoms with van der Waals surface area (Å²) in [7, 11) is 0. The van der Waals surface area contributed by atoms with Crippen LogP contribution in [-0.2, 0) is 24.3 Å². The number of amides is 1. The molecule has 1 amide bonds. The first kappa shape index (κ1) is 21.5. The summed E-state index contributed by atoms with van der Waals surface area (Å²) >= 11 is 0. The molecule has 156 valence electrons. The number of carbonyl (C=O) groups is 1. The van der Waals surface area contributed by atoms with E-state index in [1.165, 1.54) is 11.1 Å². The van der Waals surface area contributed by atoms with E-state index in [0.717, 1.165) is 51.3 Å². The van der Waals surface area contributed by atoms with Gasteiger partial charge in [0.25, 0.3) is 0 Å². The maximum absolute atomic E-state index is 13.2. The second-order valence-corrected chi connectivity index (χ2v) is 7.82. The standard InChI is InChI=1S/C24H34N4O/c1-2-12-26-23(17-20-8-10-21(18-25)11-9-20)24(29)28-15-13-27(14-16-28)19-22-6-4-3-5-7-22/h3-11,23,26H,2,12-19,25H2,1H3/t23-/m1/s1. The van der Waals surface area contributed by atoms with Crippen molar-refractivity contribution in [3.8, 4) is 0 Å². The highest BCUT2D eigenvalue weighted by Gasteiger charge is 2.27. The minimum Gasteiger partial charge on any atom is -0.339 e. The topological polar surface area (TPSA) is 61.6 Å². The molecule has 2 aromatic rings. The molecule has 1 aliphatic rings. The molecular formula is C24H34N4O. The first-order valence-corrected chi connectivity index (χ1v) is 10.8. The second kappa shape index (κ2) is 11.1. The predicted molar refractivity (Wildman–Crippen MR) is 118 cm³/mol. The monoisotopic (exact) mass is 394 g/mol. The Hall–Kier alpha value is -2.21. The van der Waals surface area contributed by atoms with Gasteiger partial charge in [-0.2, -0.15) is 0 Å². The number of rotatable bonds is 9. The van der Waals surface area contributed by atoms with Crippen LogP contribution in [0, 0.1) is 0 Å². The van der Waals surface area contributed by atoms with E-state index in [1.807, 2.05) is 11.0 Å². The van der Waals surface area contributed by atoms with Crippen LogP contribution >= 0.6 is 0 Å². The fourth-order valence-electron chi connectivity index (χ4n) is 3.80. The molecule has 1 atom stereocenters. The van der Waals surface area contributed by atoms with Crippen molar-refractivity contribution in [3.63, 3.8) is 0 Å². The molecule has 0 spiro atoms. The molecule has 0 aliphatic carbocycles. The number of benzene rings is 2. The van der Waals surface area contributed by atoms with Crippen LogP contribution in [0.25, 0.3) is 0 Å². The quantitative estimate of drug-likeness (QED) is 0.686. The second-order valence-electron chi connectivity index (χ2n) is 7.82. The molecule has 3 N–H and O–H groups in total. The molecule has 0 radical (unpaired) electrons. The Morgan fingerprint density at radius 1 is 0.966 bits per heavy atom. The number of carbonyl (C=O) groups excluding carboxylic acids is 1. The van der Waals surface area contributed by atoms with E-state index in [-0.39, 0.29) is 11.9 Å². The summed E-state index contributed by atoms with van der Waals surface area (Å²) in [6.07, 6.45) is 1.73. The summed E-state index contributed by atoms with van der Waals surface area (Å²) in [5, 5.41) is 3.47. The van der Waals surface area contributed by atoms with Crippen LogP contribution in [0.1, 0.15) is 30.0 Å². The van der Waals surface area contributed by atoms with Crippen molar-refractivity contribution in [2.45, 2.75) is 38.9 Å². The highest BCUT2D eigenvalue weighted by Crippen LogP contribution is 2.12. The Morgan fingerprint density at radius 3 is 2.24 bits per heavy atom. The molecule has 0 bridgehead atoms. The lowest BCUT2D eigenvalue weighted by molar-refractivity contribution is -0.135. The molecule has 0 saturated carbocycles. The lowest BCUT2D eigenvalue weighted by Gasteiger charge is -2.36. The Balaban J connectivity index is 1.56. The van der Waals surface area contributed by atoms with E-state index >= 15 is 0 Å². The average molecular weight is 395 g/mol. The predicted octanol–water partition coefficient (Wildman–Crippen LogP) is 2.40. The maximum atomic E-state index is 13.2. The van der Waals surface area contributed by atoms with Crippen LogP contribution < -0.4 is 11.1 Å². The van der Waals surface area contributed by atoms with E-state index in [1.54, 1.807) is 0 Å². The lowest BCUT2D eigenvalue weighted by Crippen LogP contribution is -2.54. The molecule has 5 nitrogen and oxygen atoms in total. The van der Waals surface area contributed by atoms with Gasteiger partial charge >= 0.3 is 0 Å². The fraction of sp³-hybridized carbons (Fsp3) is 0.458. The minimum atomic E-state index is -0.167. The smallest absolute Gasteiger partial charge is 0.240 e. The van der Waals surface area contributed by atoms with Crippen molar-refractivity contribution in [2.75, 3.05) is 32.7 Å². The van der Waals surface area contributed by atoms with Crippen molar-refractivity contribution in [2.24, 2.45) is 5.73 Å². The molecule has 1 heterocycles. The van der Waals surface area contributed by atoms with Crippen LogP contribution in [0.15, 0.2) is 54.6 Å². The van der Waals surface area contributed by atoms with Gasteiger partial charge in [-0.15, -0.1) is 0 Å². The largest absolute Gasteiger partial charge is 0.339 e. The van der Waals surface area contributed by atoms with Gasteiger partial charge in [-0.1, -0.05) is 61.5 Å². The zero-order valence-electron chi connectivity index (χ0n) is 17.5. The first-order chi connectivity index (χ1) is 14.2. The number of nitrogens with one attached hydrogen (secondary N) is 1. The van der Waals surface area contributed by atoms with Gasteiger partial charge in [-0.25, -0.2) is 0 Å². The Labute approximate surface area is 174 Å². The average Bonchev–Trinajstić information content (AvgIpc) is 2.78. The molecule has 0 unspecified atom stereocenters. The first-order valence-electron chi connectivity index (χ1n) is 10.8. The summed E-state index contributed by atoms with van der Waals surface area (Å²) in [6.45, 7) is 7.92. The molecule has 29 heavy (non-hydrogen) atoms. The molecule has 3 rings (SSSR count). The van der Waals surface area contributed by atoms with Gasteiger partial charge in [0.1, 0.15) is 0 Å². The Morgan fingerprint density at radius 2 is 1.62 bits per heavy atom. The summed E-state index contributed by atoms with van der Waals surface area (Å²) in [5.74, 6) is 0.223. The van der Waals surface area contributed by atoms with Gasteiger partial charge in [0.2, 0.25) is 5.91 Å². The third-order valence-electron chi connectivity index (χ3n) is 5.57. The van der Waals surface area contributed by atoms with Gasteiger partial charge in [0.15, 0.2) is 0 Å². The molecule has 1 aliphatic heterocycles. The van der Waals surface area contributed by atoms with Crippen molar-refractivity contribution >= 4 is 5.91 Å². The van der Waals surface area contributed by atoms with Gasteiger partial charge in [-0.05, 0) is 36.1 Å². The Bertz CT molecular complexity index is 739. The van der Waals surface area contributed by atoms with Gasteiger partial charge in [0, 0.05) is 39.3 Å². The van der Waals surface area contributed by atoms with Crippen molar-refractivity contribution in [1.29, 1.82) is 0 Å². The van der Waals surface area contributed by atoms with Crippen molar-refractivity contribution < 1.29 is 4.79 Å². The third-order valence-corrected chi connectivity index (χ3v) is 5.57. The van der Waals surface area contributed by atoms with Crippen molar-refractivity contribution in [3.05, 3.63) is 71.3 Å². The minimum absolute atomic E-state index is 0.167. The molecule has 5 heteroatoms. The Kier molecular flexibility index (Phi) is 8.23. The zero-order valence-corrected chi connectivity index (χ0v) is 17.5.